The summed E-state index contributed by atoms with van der Waals surface area (Å²) in [6, 6.07) is 15.4. The number of amides is 2. The van der Waals surface area contributed by atoms with Gasteiger partial charge in [0.1, 0.15) is 5.75 Å². The van der Waals surface area contributed by atoms with E-state index >= 15 is 0 Å². The van der Waals surface area contributed by atoms with Gasteiger partial charge in [-0.2, -0.15) is 0 Å². The van der Waals surface area contributed by atoms with Gasteiger partial charge in [0.25, 0.3) is 0 Å². The van der Waals surface area contributed by atoms with Crippen LogP contribution in [-0.4, -0.2) is 36.9 Å². The number of carbonyl (C=O) groups is 2. The van der Waals surface area contributed by atoms with E-state index in [0.717, 1.165) is 29.0 Å². The predicted molar refractivity (Wildman–Crippen MR) is 103 cm³/mol. The molecule has 0 atom stereocenters. The fourth-order valence-corrected chi connectivity index (χ4v) is 2.83. The van der Waals surface area contributed by atoms with Crippen LogP contribution in [0, 0.1) is 0 Å². The Kier molecular flexibility index (Phi) is 7.21. The molecule has 0 fully saturated rings. The number of benzene rings is 2. The van der Waals surface area contributed by atoms with Crippen LogP contribution in [0.3, 0.4) is 0 Å². The monoisotopic (exact) mass is 354 g/mol. The van der Waals surface area contributed by atoms with Gasteiger partial charge in [0.2, 0.25) is 11.8 Å². The van der Waals surface area contributed by atoms with Gasteiger partial charge in [0.05, 0.1) is 13.7 Å². The molecule has 0 bridgehead atoms. The molecule has 138 valence electrons. The molecule has 0 heterocycles. The van der Waals surface area contributed by atoms with E-state index in [1.54, 1.807) is 12.0 Å². The predicted octanol–water partition coefficient (Wildman–Crippen LogP) is 3.29. The minimum Gasteiger partial charge on any atom is -0.496 e. The van der Waals surface area contributed by atoms with Crippen molar-refractivity contribution in [2.75, 3.05) is 25.5 Å². The average molecular weight is 354 g/mol. The largest absolute Gasteiger partial charge is 0.496 e. The lowest BCUT2D eigenvalue weighted by Gasteiger charge is -2.21. The quantitative estimate of drug-likeness (QED) is 0.791. The fourth-order valence-electron chi connectivity index (χ4n) is 2.83. The van der Waals surface area contributed by atoms with Crippen LogP contribution in [0.4, 0.5) is 5.69 Å². The Labute approximate surface area is 155 Å². The molecule has 0 radical (unpaired) electrons. The summed E-state index contributed by atoms with van der Waals surface area (Å²) in [6.07, 6.45) is 1.46. The maximum Gasteiger partial charge on any atom is 0.244 e. The van der Waals surface area contributed by atoms with Crippen molar-refractivity contribution in [2.24, 2.45) is 0 Å². The molecule has 0 aromatic heterocycles. The van der Waals surface area contributed by atoms with E-state index in [1.807, 2.05) is 55.5 Å². The smallest absolute Gasteiger partial charge is 0.244 e. The highest BCUT2D eigenvalue weighted by atomic mass is 16.5. The Morgan fingerprint density at radius 3 is 2.35 bits per heavy atom. The van der Waals surface area contributed by atoms with Gasteiger partial charge in [-0.15, -0.1) is 0 Å². The third kappa shape index (κ3) is 5.34. The second-order valence-corrected chi connectivity index (χ2v) is 6.06. The van der Waals surface area contributed by atoms with Crippen molar-refractivity contribution in [1.29, 1.82) is 0 Å². The van der Waals surface area contributed by atoms with Crippen molar-refractivity contribution < 1.29 is 14.3 Å². The fraction of sp³-hybridized carbons (Fsp3) is 0.333. The summed E-state index contributed by atoms with van der Waals surface area (Å²) >= 11 is 0. The summed E-state index contributed by atoms with van der Waals surface area (Å²) in [5.74, 6) is 0.470. The lowest BCUT2D eigenvalue weighted by atomic mass is 10.1. The molecule has 0 aliphatic rings. The number of nitrogens with zero attached hydrogens (tertiary/aromatic N) is 1. The lowest BCUT2D eigenvalue weighted by Crippen LogP contribution is -2.38. The molecule has 2 aromatic rings. The van der Waals surface area contributed by atoms with Crippen molar-refractivity contribution >= 4 is 17.5 Å². The Morgan fingerprint density at radius 1 is 1.04 bits per heavy atom. The Bertz CT molecular complexity index is 758. The van der Waals surface area contributed by atoms with Crippen LogP contribution in [0.1, 0.15) is 25.0 Å². The molecule has 0 saturated heterocycles. The second-order valence-electron chi connectivity index (χ2n) is 6.06. The summed E-state index contributed by atoms with van der Waals surface area (Å²) in [7, 11) is 1.63. The molecule has 0 saturated carbocycles. The molecule has 2 aromatic carbocycles. The van der Waals surface area contributed by atoms with Gasteiger partial charge in [0.15, 0.2) is 0 Å². The molecular weight excluding hydrogens is 328 g/mol. The minimum absolute atomic E-state index is 0.0303. The SMILES string of the molecule is CCc1ccccc1NC(=O)CN(CCc1ccccc1OC)C(C)=O. The van der Waals surface area contributed by atoms with Crippen molar-refractivity contribution in [2.45, 2.75) is 26.7 Å². The zero-order valence-electron chi connectivity index (χ0n) is 15.6. The van der Waals surface area contributed by atoms with Crippen LogP contribution in [0.5, 0.6) is 5.75 Å². The van der Waals surface area contributed by atoms with Gasteiger partial charge in [-0.05, 0) is 36.1 Å². The van der Waals surface area contributed by atoms with Gasteiger partial charge < -0.3 is 15.0 Å². The first-order valence-electron chi connectivity index (χ1n) is 8.80. The van der Waals surface area contributed by atoms with E-state index in [-0.39, 0.29) is 18.4 Å². The number of rotatable bonds is 8. The molecular formula is C21H26N2O3. The molecule has 1 N–H and O–H groups in total. The summed E-state index contributed by atoms with van der Waals surface area (Å²) in [5, 5.41) is 2.91. The van der Waals surface area contributed by atoms with E-state index in [2.05, 4.69) is 5.32 Å². The number of aryl methyl sites for hydroxylation is 1. The highest BCUT2D eigenvalue weighted by molar-refractivity contribution is 5.94. The molecule has 0 spiro atoms. The zero-order valence-corrected chi connectivity index (χ0v) is 15.6. The van der Waals surface area contributed by atoms with E-state index in [4.69, 9.17) is 4.74 Å². The molecule has 0 aliphatic carbocycles. The number of hydrogen-bond acceptors (Lipinski definition) is 3. The maximum absolute atomic E-state index is 12.4. The zero-order chi connectivity index (χ0) is 18.9. The number of anilines is 1. The van der Waals surface area contributed by atoms with Crippen LogP contribution < -0.4 is 10.1 Å². The van der Waals surface area contributed by atoms with E-state index in [9.17, 15) is 9.59 Å². The lowest BCUT2D eigenvalue weighted by molar-refractivity contribution is -0.132. The van der Waals surface area contributed by atoms with Gasteiger partial charge >= 0.3 is 0 Å². The van der Waals surface area contributed by atoms with Crippen molar-refractivity contribution in [3.8, 4) is 5.75 Å². The second kappa shape index (κ2) is 9.61. The topological polar surface area (TPSA) is 58.6 Å². The van der Waals surface area contributed by atoms with Gasteiger partial charge in [0, 0.05) is 19.2 Å². The van der Waals surface area contributed by atoms with Gasteiger partial charge in [-0.25, -0.2) is 0 Å². The first-order chi connectivity index (χ1) is 12.5. The molecule has 26 heavy (non-hydrogen) atoms. The molecule has 5 nitrogen and oxygen atoms in total. The third-order valence-electron chi connectivity index (χ3n) is 4.30. The first-order valence-corrected chi connectivity index (χ1v) is 8.80. The summed E-state index contributed by atoms with van der Waals surface area (Å²) < 4.78 is 5.34. The number of hydrogen-bond donors (Lipinski definition) is 1. The van der Waals surface area contributed by atoms with Crippen molar-refractivity contribution in [3.63, 3.8) is 0 Å². The van der Waals surface area contributed by atoms with E-state index in [0.29, 0.717) is 13.0 Å². The standard InChI is InChI=1S/C21H26N2O3/c1-4-17-9-5-7-11-19(17)22-21(25)15-23(16(2)24)14-13-18-10-6-8-12-20(18)26-3/h5-12H,4,13-15H2,1-3H3,(H,22,25). The maximum atomic E-state index is 12.4. The molecule has 0 unspecified atom stereocenters. The van der Waals surface area contributed by atoms with E-state index < -0.39 is 0 Å². The number of nitrogens with one attached hydrogen (secondary N) is 1. The number of ether oxygens (including phenoxy) is 1. The average Bonchev–Trinajstić information content (AvgIpc) is 2.65. The Morgan fingerprint density at radius 2 is 1.69 bits per heavy atom. The van der Waals surface area contributed by atoms with Crippen LogP contribution in [0.25, 0.3) is 0 Å². The number of methoxy groups -OCH3 is 1. The van der Waals surface area contributed by atoms with Crippen LogP contribution in [-0.2, 0) is 22.4 Å². The van der Waals surface area contributed by atoms with Crippen molar-refractivity contribution in [1.82, 2.24) is 4.90 Å². The Balaban J connectivity index is 1.99. The Hall–Kier alpha value is -2.82. The summed E-state index contributed by atoms with van der Waals surface area (Å²) in [4.78, 5) is 25.9. The molecule has 2 rings (SSSR count). The minimum atomic E-state index is -0.193. The normalized spacial score (nSPS) is 10.3. The summed E-state index contributed by atoms with van der Waals surface area (Å²) in [6.45, 7) is 4.01. The van der Waals surface area contributed by atoms with Crippen LogP contribution in [0.15, 0.2) is 48.5 Å². The highest BCUT2D eigenvalue weighted by Crippen LogP contribution is 2.18. The molecule has 2 amide bonds. The van der Waals surface area contributed by atoms with E-state index in [1.165, 1.54) is 6.92 Å². The first kappa shape index (κ1) is 19.5. The third-order valence-corrected chi connectivity index (χ3v) is 4.30. The molecule has 5 heteroatoms. The number of carbonyl (C=O) groups excluding carboxylic acids is 2. The van der Waals surface area contributed by atoms with Gasteiger partial charge in [-0.3, -0.25) is 9.59 Å². The van der Waals surface area contributed by atoms with Gasteiger partial charge in [-0.1, -0.05) is 43.3 Å². The highest BCUT2D eigenvalue weighted by Gasteiger charge is 2.15. The molecule has 0 aliphatic heterocycles. The van der Waals surface area contributed by atoms with Crippen molar-refractivity contribution in [3.05, 3.63) is 59.7 Å². The number of para-hydroxylation sites is 2. The van der Waals surface area contributed by atoms with Crippen LogP contribution >= 0.6 is 0 Å². The summed E-state index contributed by atoms with van der Waals surface area (Å²) in [5.41, 5.74) is 2.88. The van der Waals surface area contributed by atoms with Crippen LogP contribution in [0.2, 0.25) is 0 Å².